The molecule has 0 amide bonds. The van der Waals surface area contributed by atoms with Crippen molar-refractivity contribution < 1.29 is 13.5 Å². The van der Waals surface area contributed by atoms with E-state index in [1.54, 1.807) is 6.07 Å². The molecule has 0 saturated carbocycles. The smallest absolute Gasteiger partial charge is 0.185 e. The van der Waals surface area contributed by atoms with Gasteiger partial charge in [-0.1, -0.05) is 12.1 Å². The van der Waals surface area contributed by atoms with Gasteiger partial charge in [-0.05, 0) is 23.8 Å². The Morgan fingerprint density at radius 1 is 1.40 bits per heavy atom. The van der Waals surface area contributed by atoms with E-state index in [1.807, 2.05) is 0 Å². The minimum Gasteiger partial charge on any atom is -0.508 e. The summed E-state index contributed by atoms with van der Waals surface area (Å²) in [6.07, 6.45) is 2.23. The average Bonchev–Trinajstić information content (AvgIpc) is 2.15. The Morgan fingerprint density at radius 3 is 2.33 bits per heavy atom. The van der Waals surface area contributed by atoms with Crippen molar-refractivity contribution in [3.63, 3.8) is 0 Å². The lowest BCUT2D eigenvalue weighted by Crippen LogP contribution is -1.98. The van der Waals surface area contributed by atoms with Gasteiger partial charge in [0.15, 0.2) is 9.84 Å². The molecular weight excluding hydrogens is 214 g/mol. The maximum absolute atomic E-state index is 11.1. The van der Waals surface area contributed by atoms with E-state index in [-0.39, 0.29) is 10.7 Å². The molecule has 0 fully saturated rings. The number of aromatic hydroxyl groups is 1. The maximum Gasteiger partial charge on any atom is 0.185 e. The van der Waals surface area contributed by atoms with Crippen LogP contribution < -0.4 is 0 Å². The lowest BCUT2D eigenvalue weighted by Gasteiger charge is -1.96. The number of benzene rings is 1. The Morgan fingerprint density at radius 2 is 1.93 bits per heavy atom. The Kier molecular flexibility index (Phi) is 3.12. The number of nitriles is 1. The van der Waals surface area contributed by atoms with Gasteiger partial charge in [0, 0.05) is 6.26 Å². The van der Waals surface area contributed by atoms with Crippen LogP contribution in [0.5, 0.6) is 5.75 Å². The summed E-state index contributed by atoms with van der Waals surface area (Å²) < 4.78 is 22.2. The van der Waals surface area contributed by atoms with Gasteiger partial charge in [-0.25, -0.2) is 8.42 Å². The Labute approximate surface area is 88.0 Å². The topological polar surface area (TPSA) is 78.2 Å². The Hall–Kier alpha value is -1.80. The normalized spacial score (nSPS) is 12.1. The second-order valence-corrected chi connectivity index (χ2v) is 4.97. The van der Waals surface area contributed by atoms with Crippen LogP contribution in [-0.4, -0.2) is 19.8 Å². The molecule has 0 aromatic heterocycles. The molecule has 15 heavy (non-hydrogen) atoms. The second kappa shape index (κ2) is 4.15. The third-order valence-electron chi connectivity index (χ3n) is 1.70. The van der Waals surface area contributed by atoms with Crippen LogP contribution in [0, 0.1) is 11.3 Å². The number of hydrogen-bond donors (Lipinski definition) is 1. The Bertz CT molecular complexity index is 521. The van der Waals surface area contributed by atoms with Gasteiger partial charge in [0.05, 0.1) is 0 Å². The van der Waals surface area contributed by atoms with Crippen molar-refractivity contribution in [1.82, 2.24) is 0 Å². The molecule has 0 spiro atoms. The highest BCUT2D eigenvalue weighted by Crippen LogP contribution is 2.14. The Balaban J connectivity index is 3.17. The van der Waals surface area contributed by atoms with Gasteiger partial charge in [-0.3, -0.25) is 0 Å². The highest BCUT2D eigenvalue weighted by Gasteiger charge is 2.09. The first-order valence-corrected chi connectivity index (χ1v) is 5.93. The van der Waals surface area contributed by atoms with Gasteiger partial charge < -0.3 is 5.11 Å². The predicted octanol–water partition coefficient (Wildman–Crippen LogP) is 1.30. The highest BCUT2D eigenvalue weighted by molar-refractivity contribution is 7.95. The lowest BCUT2D eigenvalue weighted by molar-refractivity contribution is 0.475. The summed E-state index contributed by atoms with van der Waals surface area (Å²) in [5.74, 6) is 0.0880. The molecule has 5 heteroatoms. The summed E-state index contributed by atoms with van der Waals surface area (Å²) in [5, 5.41) is 17.6. The van der Waals surface area contributed by atoms with E-state index in [0.29, 0.717) is 5.56 Å². The predicted molar refractivity (Wildman–Crippen MR) is 56.5 cm³/mol. The second-order valence-electron chi connectivity index (χ2n) is 2.98. The van der Waals surface area contributed by atoms with Gasteiger partial charge in [-0.2, -0.15) is 5.26 Å². The minimum absolute atomic E-state index is 0.0880. The molecule has 0 unspecified atom stereocenters. The summed E-state index contributed by atoms with van der Waals surface area (Å²) in [7, 11) is -3.49. The minimum atomic E-state index is -3.49. The van der Waals surface area contributed by atoms with E-state index < -0.39 is 9.84 Å². The molecule has 0 aliphatic rings. The average molecular weight is 223 g/mol. The van der Waals surface area contributed by atoms with Crippen LogP contribution in [0.25, 0.3) is 6.08 Å². The van der Waals surface area contributed by atoms with Gasteiger partial charge in [-0.15, -0.1) is 0 Å². The van der Waals surface area contributed by atoms with Crippen molar-refractivity contribution in [2.75, 3.05) is 6.26 Å². The van der Waals surface area contributed by atoms with Crippen molar-refractivity contribution in [2.24, 2.45) is 0 Å². The standard InChI is InChI=1S/C10H9NO3S/c1-15(13,14)10(7-11)6-8-2-4-9(12)5-3-8/h2-6,12H,1H3/b10-6+. The van der Waals surface area contributed by atoms with E-state index in [9.17, 15) is 8.42 Å². The molecule has 1 rings (SSSR count). The highest BCUT2D eigenvalue weighted by atomic mass is 32.2. The molecule has 4 nitrogen and oxygen atoms in total. The molecule has 78 valence electrons. The molecule has 0 radical (unpaired) electrons. The molecule has 0 heterocycles. The van der Waals surface area contributed by atoms with E-state index in [2.05, 4.69) is 0 Å². The fourth-order valence-corrected chi connectivity index (χ4v) is 1.46. The first kappa shape index (κ1) is 11.3. The summed E-state index contributed by atoms with van der Waals surface area (Å²) in [6.45, 7) is 0. The number of allylic oxidation sites excluding steroid dienone is 1. The third-order valence-corrected chi connectivity index (χ3v) is 2.71. The zero-order valence-electron chi connectivity index (χ0n) is 8.01. The van der Waals surface area contributed by atoms with Gasteiger partial charge in [0.1, 0.15) is 16.7 Å². The molecule has 1 aromatic carbocycles. The van der Waals surface area contributed by atoms with Crippen molar-refractivity contribution in [1.29, 1.82) is 5.26 Å². The van der Waals surface area contributed by atoms with Gasteiger partial charge in [0.25, 0.3) is 0 Å². The lowest BCUT2D eigenvalue weighted by atomic mass is 10.2. The fraction of sp³-hybridized carbons (Fsp3) is 0.100. The van der Waals surface area contributed by atoms with Crippen LogP contribution in [-0.2, 0) is 9.84 Å². The quantitative estimate of drug-likeness (QED) is 0.766. The van der Waals surface area contributed by atoms with Crippen LogP contribution in [0.3, 0.4) is 0 Å². The van der Waals surface area contributed by atoms with Gasteiger partial charge in [0.2, 0.25) is 0 Å². The number of phenols is 1. The number of nitrogens with zero attached hydrogens (tertiary/aromatic N) is 1. The molecule has 0 bridgehead atoms. The zero-order valence-corrected chi connectivity index (χ0v) is 8.82. The largest absolute Gasteiger partial charge is 0.508 e. The van der Waals surface area contributed by atoms with Gasteiger partial charge >= 0.3 is 0 Å². The monoisotopic (exact) mass is 223 g/mol. The summed E-state index contributed by atoms with van der Waals surface area (Å²) in [5.41, 5.74) is 0.551. The van der Waals surface area contributed by atoms with E-state index in [1.165, 1.54) is 30.3 Å². The molecule has 1 N–H and O–H groups in total. The zero-order chi connectivity index (χ0) is 11.5. The maximum atomic E-state index is 11.1. The van der Waals surface area contributed by atoms with Crippen LogP contribution in [0.2, 0.25) is 0 Å². The van der Waals surface area contributed by atoms with Crippen LogP contribution >= 0.6 is 0 Å². The molecule has 0 aliphatic carbocycles. The van der Waals surface area contributed by atoms with E-state index in [4.69, 9.17) is 10.4 Å². The SMILES string of the molecule is CS(=O)(=O)/C(C#N)=C/c1ccc(O)cc1. The van der Waals surface area contributed by atoms with Crippen LogP contribution in [0.1, 0.15) is 5.56 Å². The summed E-state index contributed by atoms with van der Waals surface area (Å²) in [4.78, 5) is -0.298. The van der Waals surface area contributed by atoms with E-state index >= 15 is 0 Å². The van der Waals surface area contributed by atoms with Crippen molar-refractivity contribution in [3.05, 3.63) is 34.7 Å². The van der Waals surface area contributed by atoms with Crippen molar-refractivity contribution >= 4 is 15.9 Å². The third kappa shape index (κ3) is 3.11. The van der Waals surface area contributed by atoms with Crippen LogP contribution in [0.4, 0.5) is 0 Å². The number of hydrogen-bond acceptors (Lipinski definition) is 4. The first-order chi connectivity index (χ1) is 6.93. The van der Waals surface area contributed by atoms with Crippen molar-refractivity contribution in [2.45, 2.75) is 0 Å². The van der Waals surface area contributed by atoms with Crippen molar-refractivity contribution in [3.8, 4) is 11.8 Å². The van der Waals surface area contributed by atoms with Crippen LogP contribution in [0.15, 0.2) is 29.2 Å². The molecular formula is C10H9NO3S. The number of rotatable bonds is 2. The molecule has 1 aromatic rings. The molecule has 0 atom stereocenters. The first-order valence-electron chi connectivity index (χ1n) is 4.04. The molecule has 0 saturated heterocycles. The van der Waals surface area contributed by atoms with E-state index in [0.717, 1.165) is 6.26 Å². The number of sulfone groups is 1. The molecule has 0 aliphatic heterocycles. The number of phenolic OH excluding ortho intramolecular Hbond substituents is 1. The fourth-order valence-electron chi connectivity index (χ4n) is 0.944. The summed E-state index contributed by atoms with van der Waals surface area (Å²) >= 11 is 0. The summed E-state index contributed by atoms with van der Waals surface area (Å²) in [6, 6.07) is 7.51.